The molecule has 1 rings (SSSR count). The van der Waals surface area contributed by atoms with Crippen LogP contribution in [0.3, 0.4) is 0 Å². The molecule has 106 valence electrons. The normalized spacial score (nSPS) is 10.3. The van der Waals surface area contributed by atoms with E-state index < -0.39 is 0 Å². The largest absolute Gasteiger partial charge is 0.483 e. The number of nitrogens with one attached hydrogen (secondary N) is 2. The summed E-state index contributed by atoms with van der Waals surface area (Å²) in [4.78, 5) is 11.6. The van der Waals surface area contributed by atoms with E-state index >= 15 is 0 Å². The molecule has 1 aromatic carbocycles. The fourth-order valence-electron chi connectivity index (χ4n) is 1.84. The van der Waals surface area contributed by atoms with Crippen LogP contribution in [-0.2, 0) is 11.3 Å². The Balaban J connectivity index is 2.54. The number of ether oxygens (including phenoxy) is 1. The van der Waals surface area contributed by atoms with Crippen molar-refractivity contribution >= 4 is 5.91 Å². The molecular formula is C15H24N2O2. The summed E-state index contributed by atoms with van der Waals surface area (Å²) in [5, 5.41) is 5.95. The first-order chi connectivity index (χ1) is 9.19. The lowest BCUT2D eigenvalue weighted by molar-refractivity contribution is -0.123. The van der Waals surface area contributed by atoms with Crippen molar-refractivity contribution in [3.63, 3.8) is 0 Å². The van der Waals surface area contributed by atoms with E-state index in [0.717, 1.165) is 42.8 Å². The van der Waals surface area contributed by atoms with E-state index in [0.29, 0.717) is 0 Å². The van der Waals surface area contributed by atoms with Crippen LogP contribution in [0.4, 0.5) is 0 Å². The molecule has 0 aliphatic rings. The smallest absolute Gasteiger partial charge is 0.257 e. The van der Waals surface area contributed by atoms with Gasteiger partial charge < -0.3 is 15.4 Å². The van der Waals surface area contributed by atoms with Crippen molar-refractivity contribution in [1.29, 1.82) is 0 Å². The minimum atomic E-state index is -0.0629. The molecule has 2 N–H and O–H groups in total. The van der Waals surface area contributed by atoms with Gasteiger partial charge in [0.15, 0.2) is 6.61 Å². The SMILES string of the molecule is CCCCNC(=O)COc1c(C)cccc1CNC. The van der Waals surface area contributed by atoms with E-state index in [1.165, 1.54) is 0 Å². The summed E-state index contributed by atoms with van der Waals surface area (Å²) in [5.74, 6) is 0.745. The minimum absolute atomic E-state index is 0.0629. The minimum Gasteiger partial charge on any atom is -0.483 e. The molecule has 0 radical (unpaired) electrons. The van der Waals surface area contributed by atoms with Crippen molar-refractivity contribution in [3.05, 3.63) is 29.3 Å². The standard InChI is InChI=1S/C15H24N2O2/c1-4-5-9-17-14(18)11-19-15-12(2)7-6-8-13(15)10-16-3/h6-8,16H,4-5,9-11H2,1-3H3,(H,17,18). The lowest BCUT2D eigenvalue weighted by Crippen LogP contribution is -2.30. The average molecular weight is 264 g/mol. The molecular weight excluding hydrogens is 240 g/mol. The second-order valence-electron chi connectivity index (χ2n) is 4.59. The summed E-state index contributed by atoms with van der Waals surface area (Å²) in [5.41, 5.74) is 2.12. The van der Waals surface area contributed by atoms with Crippen LogP contribution in [0.1, 0.15) is 30.9 Å². The number of hydrogen-bond donors (Lipinski definition) is 2. The number of unbranched alkanes of at least 4 members (excludes halogenated alkanes) is 1. The van der Waals surface area contributed by atoms with Crippen LogP contribution in [0.2, 0.25) is 0 Å². The fraction of sp³-hybridized carbons (Fsp3) is 0.533. The van der Waals surface area contributed by atoms with Crippen LogP contribution >= 0.6 is 0 Å². The maximum Gasteiger partial charge on any atom is 0.257 e. The molecule has 0 saturated carbocycles. The number of para-hydroxylation sites is 1. The Morgan fingerprint density at radius 3 is 2.84 bits per heavy atom. The summed E-state index contributed by atoms with van der Waals surface area (Å²) in [6.07, 6.45) is 2.08. The van der Waals surface area contributed by atoms with Gasteiger partial charge in [0.2, 0.25) is 0 Å². The molecule has 4 heteroatoms. The Morgan fingerprint density at radius 1 is 1.37 bits per heavy atom. The van der Waals surface area contributed by atoms with E-state index in [1.807, 2.05) is 32.2 Å². The topological polar surface area (TPSA) is 50.4 Å². The molecule has 0 aliphatic carbocycles. The maximum absolute atomic E-state index is 11.6. The van der Waals surface area contributed by atoms with Gasteiger partial charge >= 0.3 is 0 Å². The summed E-state index contributed by atoms with van der Waals surface area (Å²) >= 11 is 0. The Hall–Kier alpha value is -1.55. The first-order valence-electron chi connectivity index (χ1n) is 6.81. The third kappa shape index (κ3) is 5.30. The Bertz CT molecular complexity index is 405. The van der Waals surface area contributed by atoms with Gasteiger partial charge in [-0.1, -0.05) is 31.5 Å². The van der Waals surface area contributed by atoms with E-state index in [1.54, 1.807) is 0 Å². The number of carbonyl (C=O) groups is 1. The zero-order valence-electron chi connectivity index (χ0n) is 12.1. The Morgan fingerprint density at radius 2 is 2.16 bits per heavy atom. The summed E-state index contributed by atoms with van der Waals surface area (Å²) in [6, 6.07) is 5.99. The van der Waals surface area contributed by atoms with Crippen molar-refractivity contribution in [3.8, 4) is 5.75 Å². The van der Waals surface area contributed by atoms with Gasteiger partial charge in [-0.2, -0.15) is 0 Å². The lowest BCUT2D eigenvalue weighted by atomic mass is 10.1. The number of aryl methyl sites for hydroxylation is 1. The summed E-state index contributed by atoms with van der Waals surface area (Å²) < 4.78 is 5.66. The monoisotopic (exact) mass is 264 g/mol. The highest BCUT2D eigenvalue weighted by Crippen LogP contribution is 2.23. The molecule has 0 fully saturated rings. The van der Waals surface area contributed by atoms with E-state index in [4.69, 9.17) is 4.74 Å². The van der Waals surface area contributed by atoms with Gasteiger partial charge in [-0.15, -0.1) is 0 Å². The van der Waals surface area contributed by atoms with Crippen molar-refractivity contribution in [2.45, 2.75) is 33.2 Å². The van der Waals surface area contributed by atoms with E-state index in [9.17, 15) is 4.79 Å². The highest BCUT2D eigenvalue weighted by Gasteiger charge is 2.08. The molecule has 0 spiro atoms. The van der Waals surface area contributed by atoms with E-state index in [-0.39, 0.29) is 12.5 Å². The first-order valence-corrected chi connectivity index (χ1v) is 6.81. The molecule has 0 heterocycles. The molecule has 0 bridgehead atoms. The lowest BCUT2D eigenvalue weighted by Gasteiger charge is -2.14. The van der Waals surface area contributed by atoms with Gasteiger partial charge in [0, 0.05) is 18.7 Å². The predicted molar refractivity (Wildman–Crippen MR) is 77.4 cm³/mol. The third-order valence-corrected chi connectivity index (χ3v) is 2.86. The Kier molecular flexibility index (Phi) is 6.97. The molecule has 4 nitrogen and oxygen atoms in total. The molecule has 1 amide bonds. The van der Waals surface area contributed by atoms with Crippen LogP contribution < -0.4 is 15.4 Å². The zero-order valence-corrected chi connectivity index (χ0v) is 12.1. The molecule has 0 saturated heterocycles. The van der Waals surface area contributed by atoms with Crippen molar-refractivity contribution in [1.82, 2.24) is 10.6 Å². The second kappa shape index (κ2) is 8.53. The van der Waals surface area contributed by atoms with Gasteiger partial charge in [-0.25, -0.2) is 0 Å². The number of amides is 1. The van der Waals surface area contributed by atoms with Crippen LogP contribution in [0.5, 0.6) is 5.75 Å². The molecule has 19 heavy (non-hydrogen) atoms. The highest BCUT2D eigenvalue weighted by molar-refractivity contribution is 5.77. The van der Waals surface area contributed by atoms with Crippen LogP contribution in [0.15, 0.2) is 18.2 Å². The zero-order chi connectivity index (χ0) is 14.1. The second-order valence-corrected chi connectivity index (χ2v) is 4.59. The van der Waals surface area contributed by atoms with Crippen LogP contribution in [-0.4, -0.2) is 26.1 Å². The summed E-state index contributed by atoms with van der Waals surface area (Å²) in [7, 11) is 1.89. The average Bonchev–Trinajstić information content (AvgIpc) is 2.39. The van der Waals surface area contributed by atoms with E-state index in [2.05, 4.69) is 17.6 Å². The third-order valence-electron chi connectivity index (χ3n) is 2.86. The van der Waals surface area contributed by atoms with Gasteiger partial charge in [-0.3, -0.25) is 4.79 Å². The number of benzene rings is 1. The Labute approximate surface area is 115 Å². The van der Waals surface area contributed by atoms with Crippen molar-refractivity contribution in [2.24, 2.45) is 0 Å². The summed E-state index contributed by atoms with van der Waals surface area (Å²) in [6.45, 7) is 5.61. The first kappa shape index (κ1) is 15.5. The number of hydrogen-bond acceptors (Lipinski definition) is 3. The molecule has 0 atom stereocenters. The molecule has 0 unspecified atom stereocenters. The molecule has 0 aromatic heterocycles. The van der Waals surface area contributed by atoms with Crippen molar-refractivity contribution < 1.29 is 9.53 Å². The predicted octanol–water partition coefficient (Wildman–Crippen LogP) is 2.01. The van der Waals surface area contributed by atoms with Gasteiger partial charge in [0.05, 0.1) is 0 Å². The number of rotatable bonds is 8. The van der Waals surface area contributed by atoms with Gasteiger partial charge in [0.1, 0.15) is 5.75 Å². The van der Waals surface area contributed by atoms with Crippen LogP contribution in [0, 0.1) is 6.92 Å². The molecule has 0 aliphatic heterocycles. The maximum atomic E-state index is 11.6. The fourth-order valence-corrected chi connectivity index (χ4v) is 1.84. The van der Waals surface area contributed by atoms with Crippen LogP contribution in [0.25, 0.3) is 0 Å². The van der Waals surface area contributed by atoms with Gasteiger partial charge in [-0.05, 0) is 26.0 Å². The van der Waals surface area contributed by atoms with Gasteiger partial charge in [0.25, 0.3) is 5.91 Å². The number of carbonyl (C=O) groups excluding carboxylic acids is 1. The quantitative estimate of drug-likeness (QED) is 0.706. The molecule has 1 aromatic rings. The highest BCUT2D eigenvalue weighted by atomic mass is 16.5. The van der Waals surface area contributed by atoms with Crippen molar-refractivity contribution in [2.75, 3.05) is 20.2 Å².